The van der Waals surface area contributed by atoms with Crippen molar-refractivity contribution in [3.05, 3.63) is 100 Å². The molecule has 41 heavy (non-hydrogen) atoms. The molecule has 3 aromatic rings. The lowest BCUT2D eigenvalue weighted by Crippen LogP contribution is -2.53. The molecule has 0 heterocycles. The van der Waals surface area contributed by atoms with E-state index < -0.39 is 28.5 Å². The molecule has 0 bridgehead atoms. The van der Waals surface area contributed by atoms with Gasteiger partial charge in [0.25, 0.3) is 0 Å². The molecule has 220 valence electrons. The molecule has 0 spiro atoms. The van der Waals surface area contributed by atoms with Gasteiger partial charge < -0.3 is 10.2 Å². The van der Waals surface area contributed by atoms with Crippen LogP contribution < -0.4 is 9.62 Å². The summed E-state index contributed by atoms with van der Waals surface area (Å²) in [5, 5.41) is 3.00. The molecule has 9 heteroatoms. The van der Waals surface area contributed by atoms with Gasteiger partial charge in [-0.3, -0.25) is 13.9 Å². The zero-order chi connectivity index (χ0) is 30.2. The second-order valence-electron chi connectivity index (χ2n) is 11.0. The number of nitrogens with one attached hydrogen (secondary N) is 1. The number of rotatable bonds is 13. The van der Waals surface area contributed by atoms with Crippen molar-refractivity contribution in [2.24, 2.45) is 5.92 Å². The van der Waals surface area contributed by atoms with Crippen LogP contribution in [0.3, 0.4) is 0 Å². The van der Waals surface area contributed by atoms with E-state index >= 15 is 0 Å². The average molecular weight is 643 g/mol. The van der Waals surface area contributed by atoms with Gasteiger partial charge in [0.2, 0.25) is 21.8 Å². The number of benzene rings is 3. The normalized spacial score (nSPS) is 12.3. The van der Waals surface area contributed by atoms with E-state index in [0.29, 0.717) is 12.2 Å². The molecule has 0 unspecified atom stereocenters. The number of para-hydroxylation sites is 1. The lowest BCUT2D eigenvalue weighted by molar-refractivity contribution is -0.140. The van der Waals surface area contributed by atoms with E-state index in [9.17, 15) is 18.0 Å². The fourth-order valence-electron chi connectivity index (χ4n) is 4.61. The third-order valence-corrected chi connectivity index (χ3v) is 8.32. The Labute approximate surface area is 253 Å². The SMILES string of the molecule is CC(C)CNC(=O)[C@H](Cc1ccccc1)N(Cc1cccc(Br)c1)C(=O)CN(c1ccccc1C(C)C)S(C)(=O)=O. The van der Waals surface area contributed by atoms with Crippen molar-refractivity contribution >= 4 is 43.5 Å². The topological polar surface area (TPSA) is 86.8 Å². The molecular formula is C32H40BrN3O4S. The molecule has 0 saturated heterocycles. The van der Waals surface area contributed by atoms with Crippen LogP contribution in [0.5, 0.6) is 0 Å². The lowest BCUT2D eigenvalue weighted by atomic mass is 10.0. The van der Waals surface area contributed by atoms with Crippen molar-refractivity contribution in [2.45, 2.75) is 52.6 Å². The van der Waals surface area contributed by atoms with Crippen molar-refractivity contribution < 1.29 is 18.0 Å². The van der Waals surface area contributed by atoms with Crippen LogP contribution in [0.4, 0.5) is 5.69 Å². The van der Waals surface area contributed by atoms with Crippen molar-refractivity contribution in [2.75, 3.05) is 23.7 Å². The molecular weight excluding hydrogens is 602 g/mol. The first-order chi connectivity index (χ1) is 19.4. The Morgan fingerprint density at radius 1 is 0.878 bits per heavy atom. The number of halogens is 1. The van der Waals surface area contributed by atoms with Gasteiger partial charge in [0, 0.05) is 24.0 Å². The summed E-state index contributed by atoms with van der Waals surface area (Å²) in [6.07, 6.45) is 1.39. The molecule has 0 radical (unpaired) electrons. The van der Waals surface area contributed by atoms with Crippen LogP contribution in [0.2, 0.25) is 0 Å². The minimum atomic E-state index is -3.83. The largest absolute Gasteiger partial charge is 0.354 e. The number of anilines is 1. The molecule has 0 aliphatic heterocycles. The maximum Gasteiger partial charge on any atom is 0.244 e. The third-order valence-electron chi connectivity index (χ3n) is 6.70. The second-order valence-corrected chi connectivity index (χ2v) is 13.8. The molecule has 7 nitrogen and oxygen atoms in total. The van der Waals surface area contributed by atoms with Gasteiger partial charge in [-0.1, -0.05) is 104 Å². The lowest BCUT2D eigenvalue weighted by Gasteiger charge is -2.34. The first kappa shape index (κ1) is 32.3. The standard InChI is InChI=1S/C32H40BrN3O4S/c1-23(2)20-34-32(38)30(19-25-12-7-6-8-13-25)35(21-26-14-11-15-27(33)18-26)31(37)22-36(41(5,39)40)29-17-10-9-16-28(29)24(3)4/h6-18,23-24,30H,19-22H2,1-5H3,(H,34,38)/t30-/m0/s1. The van der Waals surface area contributed by atoms with Gasteiger partial charge in [-0.25, -0.2) is 8.42 Å². The van der Waals surface area contributed by atoms with Gasteiger partial charge in [-0.2, -0.15) is 0 Å². The molecule has 1 atom stereocenters. The number of sulfonamides is 1. The van der Waals surface area contributed by atoms with Gasteiger partial charge in [0.15, 0.2) is 0 Å². The number of carbonyl (C=O) groups excluding carboxylic acids is 2. The number of nitrogens with zero attached hydrogens (tertiary/aromatic N) is 2. The Bertz CT molecular complexity index is 1430. The molecule has 3 rings (SSSR count). The summed E-state index contributed by atoms with van der Waals surface area (Å²) in [5.41, 5.74) is 3.00. The highest BCUT2D eigenvalue weighted by atomic mass is 79.9. The van der Waals surface area contributed by atoms with Crippen molar-refractivity contribution in [3.63, 3.8) is 0 Å². The van der Waals surface area contributed by atoms with E-state index in [-0.39, 0.29) is 30.7 Å². The quantitative estimate of drug-likeness (QED) is 0.257. The summed E-state index contributed by atoms with van der Waals surface area (Å²) in [6, 6.07) is 23.4. The Kier molecular flexibility index (Phi) is 11.5. The molecule has 2 amide bonds. The summed E-state index contributed by atoms with van der Waals surface area (Å²) >= 11 is 3.50. The van der Waals surface area contributed by atoms with Crippen LogP contribution in [-0.4, -0.2) is 50.5 Å². The maximum absolute atomic E-state index is 14.2. The Morgan fingerprint density at radius 2 is 1.51 bits per heavy atom. The minimum Gasteiger partial charge on any atom is -0.354 e. The van der Waals surface area contributed by atoms with Crippen LogP contribution in [0.1, 0.15) is 50.3 Å². The fraction of sp³-hybridized carbons (Fsp3) is 0.375. The molecule has 0 aliphatic rings. The van der Waals surface area contributed by atoms with Crippen molar-refractivity contribution in [3.8, 4) is 0 Å². The summed E-state index contributed by atoms with van der Waals surface area (Å²) < 4.78 is 28.2. The van der Waals surface area contributed by atoms with E-state index in [2.05, 4.69) is 21.2 Å². The number of hydrogen-bond acceptors (Lipinski definition) is 4. The highest BCUT2D eigenvalue weighted by molar-refractivity contribution is 9.10. The van der Waals surface area contributed by atoms with Gasteiger partial charge in [0.05, 0.1) is 11.9 Å². The van der Waals surface area contributed by atoms with Gasteiger partial charge in [-0.15, -0.1) is 0 Å². The number of amides is 2. The number of hydrogen-bond donors (Lipinski definition) is 1. The van der Waals surface area contributed by atoms with Crippen LogP contribution in [0.15, 0.2) is 83.3 Å². The first-order valence-electron chi connectivity index (χ1n) is 13.8. The smallest absolute Gasteiger partial charge is 0.244 e. The van der Waals surface area contributed by atoms with Gasteiger partial charge in [0.1, 0.15) is 12.6 Å². The molecule has 3 aromatic carbocycles. The van der Waals surface area contributed by atoms with Crippen molar-refractivity contribution in [1.29, 1.82) is 0 Å². The van der Waals surface area contributed by atoms with Crippen LogP contribution in [-0.2, 0) is 32.6 Å². The Hall–Kier alpha value is -3.17. The summed E-state index contributed by atoms with van der Waals surface area (Å²) in [4.78, 5) is 29.5. The third kappa shape index (κ3) is 9.43. The van der Waals surface area contributed by atoms with E-state index in [4.69, 9.17) is 0 Å². The molecule has 0 saturated carbocycles. The minimum absolute atomic E-state index is 0.0379. The predicted molar refractivity (Wildman–Crippen MR) is 169 cm³/mol. The predicted octanol–water partition coefficient (Wildman–Crippen LogP) is 5.75. The van der Waals surface area contributed by atoms with Crippen LogP contribution in [0.25, 0.3) is 0 Å². The van der Waals surface area contributed by atoms with E-state index in [1.54, 1.807) is 12.1 Å². The van der Waals surface area contributed by atoms with Crippen LogP contribution in [0, 0.1) is 5.92 Å². The first-order valence-corrected chi connectivity index (χ1v) is 16.4. The summed E-state index contributed by atoms with van der Waals surface area (Å²) in [5.74, 6) is -0.483. The van der Waals surface area contributed by atoms with E-state index in [0.717, 1.165) is 31.7 Å². The monoisotopic (exact) mass is 641 g/mol. The molecule has 0 fully saturated rings. The van der Waals surface area contributed by atoms with E-state index in [1.807, 2.05) is 94.4 Å². The summed E-state index contributed by atoms with van der Waals surface area (Å²) in [7, 11) is -3.83. The Morgan fingerprint density at radius 3 is 2.12 bits per heavy atom. The number of carbonyl (C=O) groups is 2. The maximum atomic E-state index is 14.2. The van der Waals surface area contributed by atoms with Gasteiger partial charge in [-0.05, 0) is 46.7 Å². The van der Waals surface area contributed by atoms with Gasteiger partial charge >= 0.3 is 0 Å². The zero-order valence-corrected chi connectivity index (χ0v) is 26.8. The summed E-state index contributed by atoms with van der Waals surface area (Å²) in [6.45, 7) is 8.14. The second kappa shape index (κ2) is 14.6. The Balaban J connectivity index is 2.09. The highest BCUT2D eigenvalue weighted by Crippen LogP contribution is 2.29. The zero-order valence-electron chi connectivity index (χ0n) is 24.4. The molecule has 0 aliphatic carbocycles. The van der Waals surface area contributed by atoms with Crippen LogP contribution >= 0.6 is 15.9 Å². The van der Waals surface area contributed by atoms with E-state index in [1.165, 1.54) is 4.90 Å². The van der Waals surface area contributed by atoms with Crippen molar-refractivity contribution in [1.82, 2.24) is 10.2 Å². The molecule has 1 N–H and O–H groups in total. The highest BCUT2D eigenvalue weighted by Gasteiger charge is 2.33. The fourth-order valence-corrected chi connectivity index (χ4v) is 5.92. The average Bonchev–Trinajstić information content (AvgIpc) is 2.92. The molecule has 0 aromatic heterocycles.